The molecule has 5 heteroatoms. The summed E-state index contributed by atoms with van der Waals surface area (Å²) in [6.45, 7) is 2.27. The standard InChI is InChI=1S/C16H18N2OS2/c1-10-7-8-12-14(9-10)21-16(17-12)18-15(19)11-5-3-4-6-13(11)20-2/h3-6,10H,7-9H2,1-2H3,(H,17,18,19)/t10-/m1/s1. The fourth-order valence-electron chi connectivity index (χ4n) is 2.59. The molecule has 21 heavy (non-hydrogen) atoms. The molecule has 3 nitrogen and oxygen atoms in total. The number of nitrogens with one attached hydrogen (secondary N) is 1. The highest BCUT2D eigenvalue weighted by atomic mass is 32.2. The second-order valence-electron chi connectivity index (χ2n) is 5.39. The van der Waals surface area contributed by atoms with E-state index in [1.54, 1.807) is 23.1 Å². The number of carbonyl (C=O) groups excluding carboxylic acids is 1. The molecule has 1 aliphatic carbocycles. The first-order valence-corrected chi connectivity index (χ1v) is 9.14. The van der Waals surface area contributed by atoms with Crippen molar-refractivity contribution in [1.29, 1.82) is 0 Å². The van der Waals surface area contributed by atoms with Crippen molar-refractivity contribution in [2.24, 2.45) is 5.92 Å². The van der Waals surface area contributed by atoms with Crippen molar-refractivity contribution in [2.75, 3.05) is 11.6 Å². The Labute approximate surface area is 133 Å². The van der Waals surface area contributed by atoms with Crippen LogP contribution >= 0.6 is 23.1 Å². The molecule has 0 saturated carbocycles. The lowest BCUT2D eigenvalue weighted by Crippen LogP contribution is -2.13. The van der Waals surface area contributed by atoms with E-state index in [9.17, 15) is 4.79 Å². The summed E-state index contributed by atoms with van der Waals surface area (Å²) in [5.41, 5.74) is 1.89. The van der Waals surface area contributed by atoms with Crippen LogP contribution in [0.3, 0.4) is 0 Å². The Bertz CT molecular complexity index is 666. The average molecular weight is 318 g/mol. The van der Waals surface area contributed by atoms with Gasteiger partial charge in [0.05, 0.1) is 11.3 Å². The number of fused-ring (bicyclic) bond motifs is 1. The first-order chi connectivity index (χ1) is 10.2. The Morgan fingerprint density at radius 3 is 3.05 bits per heavy atom. The molecule has 1 atom stereocenters. The zero-order valence-electron chi connectivity index (χ0n) is 12.2. The number of thiazole rings is 1. The number of carbonyl (C=O) groups is 1. The first kappa shape index (κ1) is 14.6. The van der Waals surface area contributed by atoms with Gasteiger partial charge in [0.2, 0.25) is 0 Å². The van der Waals surface area contributed by atoms with Crippen molar-refractivity contribution < 1.29 is 4.79 Å². The van der Waals surface area contributed by atoms with Gasteiger partial charge in [0.25, 0.3) is 5.91 Å². The summed E-state index contributed by atoms with van der Waals surface area (Å²) in [6, 6.07) is 7.67. The molecule has 3 rings (SSSR count). The van der Waals surface area contributed by atoms with Crippen LogP contribution in [-0.2, 0) is 12.8 Å². The lowest BCUT2D eigenvalue weighted by molar-refractivity contribution is 0.102. The Balaban J connectivity index is 1.79. The monoisotopic (exact) mass is 318 g/mol. The van der Waals surface area contributed by atoms with Crippen LogP contribution in [0.15, 0.2) is 29.2 Å². The predicted molar refractivity (Wildman–Crippen MR) is 89.5 cm³/mol. The van der Waals surface area contributed by atoms with E-state index in [2.05, 4.69) is 17.2 Å². The average Bonchev–Trinajstić information content (AvgIpc) is 2.88. The lowest BCUT2D eigenvalue weighted by Gasteiger charge is -2.15. The Hall–Kier alpha value is -1.33. The van der Waals surface area contributed by atoms with Crippen molar-refractivity contribution in [2.45, 2.75) is 31.1 Å². The minimum atomic E-state index is -0.0703. The fourth-order valence-corrected chi connectivity index (χ4v) is 4.35. The van der Waals surface area contributed by atoms with Gasteiger partial charge in [-0.3, -0.25) is 10.1 Å². The number of amides is 1. The van der Waals surface area contributed by atoms with E-state index in [1.807, 2.05) is 30.5 Å². The third-order valence-corrected chi connectivity index (χ3v) is 5.59. The molecular weight excluding hydrogens is 300 g/mol. The molecule has 1 N–H and O–H groups in total. The molecule has 1 aliphatic rings. The maximum atomic E-state index is 12.4. The van der Waals surface area contributed by atoms with E-state index >= 15 is 0 Å². The summed E-state index contributed by atoms with van der Waals surface area (Å²) >= 11 is 3.21. The Morgan fingerprint density at radius 1 is 1.43 bits per heavy atom. The number of benzene rings is 1. The van der Waals surface area contributed by atoms with E-state index in [0.29, 0.717) is 5.56 Å². The van der Waals surface area contributed by atoms with Gasteiger partial charge < -0.3 is 0 Å². The molecule has 0 spiro atoms. The Morgan fingerprint density at radius 2 is 2.24 bits per heavy atom. The van der Waals surface area contributed by atoms with E-state index < -0.39 is 0 Å². The van der Waals surface area contributed by atoms with Gasteiger partial charge in [-0.15, -0.1) is 23.1 Å². The molecule has 0 saturated heterocycles. The van der Waals surface area contributed by atoms with Crippen molar-refractivity contribution in [3.05, 3.63) is 40.4 Å². The van der Waals surface area contributed by atoms with Crippen LogP contribution in [0.4, 0.5) is 5.13 Å². The summed E-state index contributed by atoms with van der Waals surface area (Å²) in [5, 5.41) is 3.69. The molecule has 2 aromatic rings. The molecule has 110 valence electrons. The topological polar surface area (TPSA) is 42.0 Å². The van der Waals surface area contributed by atoms with Crippen LogP contribution in [0.25, 0.3) is 0 Å². The summed E-state index contributed by atoms with van der Waals surface area (Å²) < 4.78 is 0. The molecule has 0 bridgehead atoms. The fraction of sp³-hybridized carbons (Fsp3) is 0.375. The lowest BCUT2D eigenvalue weighted by atomic mass is 9.93. The molecule has 0 fully saturated rings. The van der Waals surface area contributed by atoms with Crippen molar-refractivity contribution in [1.82, 2.24) is 4.98 Å². The molecular formula is C16H18N2OS2. The normalized spacial score (nSPS) is 17.3. The zero-order valence-corrected chi connectivity index (χ0v) is 13.8. The summed E-state index contributed by atoms with van der Waals surface area (Å²) in [5.74, 6) is 0.651. The van der Waals surface area contributed by atoms with E-state index in [4.69, 9.17) is 0 Å². The number of aromatic nitrogens is 1. The van der Waals surface area contributed by atoms with Crippen LogP contribution in [0.1, 0.15) is 34.3 Å². The summed E-state index contributed by atoms with van der Waals surface area (Å²) in [6.07, 6.45) is 5.30. The van der Waals surface area contributed by atoms with Crippen LogP contribution < -0.4 is 5.32 Å². The van der Waals surface area contributed by atoms with Gasteiger partial charge in [-0.25, -0.2) is 4.98 Å². The highest BCUT2D eigenvalue weighted by Gasteiger charge is 2.21. The SMILES string of the molecule is CSc1ccccc1C(=O)Nc1nc2c(s1)C[C@H](C)CC2. The number of anilines is 1. The number of hydrogen-bond donors (Lipinski definition) is 1. The summed E-state index contributed by atoms with van der Waals surface area (Å²) in [4.78, 5) is 19.3. The molecule has 1 amide bonds. The minimum Gasteiger partial charge on any atom is -0.298 e. The third-order valence-electron chi connectivity index (χ3n) is 3.76. The smallest absolute Gasteiger partial charge is 0.258 e. The third kappa shape index (κ3) is 3.14. The number of thioether (sulfide) groups is 1. The number of nitrogens with zero attached hydrogens (tertiary/aromatic N) is 1. The molecule has 1 heterocycles. The zero-order chi connectivity index (χ0) is 14.8. The predicted octanol–water partition coefficient (Wildman–Crippen LogP) is 4.24. The van der Waals surface area contributed by atoms with Crippen LogP contribution in [0.5, 0.6) is 0 Å². The van der Waals surface area contributed by atoms with Crippen LogP contribution in [-0.4, -0.2) is 17.1 Å². The number of hydrogen-bond acceptors (Lipinski definition) is 4. The van der Waals surface area contributed by atoms with E-state index in [-0.39, 0.29) is 5.91 Å². The second kappa shape index (κ2) is 6.20. The molecule has 1 aromatic carbocycles. The first-order valence-electron chi connectivity index (χ1n) is 7.10. The van der Waals surface area contributed by atoms with Gasteiger partial charge in [-0.2, -0.15) is 0 Å². The summed E-state index contributed by atoms with van der Waals surface area (Å²) in [7, 11) is 0. The number of aryl methyl sites for hydroxylation is 1. The Kier molecular flexibility index (Phi) is 4.31. The van der Waals surface area contributed by atoms with Gasteiger partial charge in [0.1, 0.15) is 0 Å². The molecule has 0 unspecified atom stereocenters. The highest BCUT2D eigenvalue weighted by molar-refractivity contribution is 7.98. The largest absolute Gasteiger partial charge is 0.298 e. The van der Waals surface area contributed by atoms with E-state index in [0.717, 1.165) is 28.8 Å². The van der Waals surface area contributed by atoms with Crippen molar-refractivity contribution >= 4 is 34.1 Å². The quantitative estimate of drug-likeness (QED) is 0.861. The molecule has 0 aliphatic heterocycles. The molecule has 1 aromatic heterocycles. The van der Waals surface area contributed by atoms with E-state index in [1.165, 1.54) is 17.0 Å². The minimum absolute atomic E-state index is 0.0703. The maximum absolute atomic E-state index is 12.4. The van der Waals surface area contributed by atoms with Gasteiger partial charge in [-0.05, 0) is 43.6 Å². The van der Waals surface area contributed by atoms with Crippen LogP contribution in [0.2, 0.25) is 0 Å². The van der Waals surface area contributed by atoms with Gasteiger partial charge in [0.15, 0.2) is 5.13 Å². The highest BCUT2D eigenvalue weighted by Crippen LogP contribution is 2.32. The van der Waals surface area contributed by atoms with Gasteiger partial charge in [-0.1, -0.05) is 19.1 Å². The number of rotatable bonds is 3. The van der Waals surface area contributed by atoms with Gasteiger partial charge >= 0.3 is 0 Å². The molecule has 0 radical (unpaired) electrons. The van der Waals surface area contributed by atoms with Crippen molar-refractivity contribution in [3.63, 3.8) is 0 Å². The maximum Gasteiger partial charge on any atom is 0.258 e. The van der Waals surface area contributed by atoms with Gasteiger partial charge in [0, 0.05) is 9.77 Å². The second-order valence-corrected chi connectivity index (χ2v) is 7.32. The van der Waals surface area contributed by atoms with Crippen molar-refractivity contribution in [3.8, 4) is 0 Å². The van der Waals surface area contributed by atoms with Crippen LogP contribution in [0, 0.1) is 5.92 Å².